The molecule has 8 heteroatoms. The maximum atomic E-state index is 11.5. The van der Waals surface area contributed by atoms with Crippen molar-refractivity contribution in [3.63, 3.8) is 0 Å². The second-order valence-electron chi connectivity index (χ2n) is 6.90. The van der Waals surface area contributed by atoms with Gasteiger partial charge in [0, 0.05) is 17.0 Å². The van der Waals surface area contributed by atoms with Gasteiger partial charge in [0.15, 0.2) is 22.4 Å². The number of aliphatic hydroxyl groups is 1. The van der Waals surface area contributed by atoms with Crippen LogP contribution in [-0.4, -0.2) is 51.2 Å². The fourth-order valence-electron chi connectivity index (χ4n) is 2.84. The number of carbonyl (C=O) groups excluding carboxylic acids is 1. The molecule has 1 unspecified atom stereocenters. The van der Waals surface area contributed by atoms with Crippen LogP contribution in [0.15, 0.2) is 47.6 Å². The molecule has 3 rings (SSSR count). The summed E-state index contributed by atoms with van der Waals surface area (Å²) in [5, 5.41) is 19.5. The van der Waals surface area contributed by atoms with Gasteiger partial charge in [-0.15, -0.1) is 10.2 Å². The van der Waals surface area contributed by atoms with Crippen molar-refractivity contribution in [1.29, 1.82) is 0 Å². The van der Waals surface area contributed by atoms with Crippen LogP contribution in [0.2, 0.25) is 0 Å². The molecular formula is C22H25N3O4S. The molecule has 0 amide bonds. The summed E-state index contributed by atoms with van der Waals surface area (Å²) in [7, 11) is 1.51. The number of aliphatic hydroxyl groups excluding tert-OH is 1. The predicted octanol–water partition coefficient (Wildman–Crippen LogP) is 3.63. The van der Waals surface area contributed by atoms with Gasteiger partial charge in [0.1, 0.15) is 12.4 Å². The van der Waals surface area contributed by atoms with Crippen molar-refractivity contribution < 1.29 is 19.4 Å². The van der Waals surface area contributed by atoms with E-state index in [9.17, 15) is 9.90 Å². The summed E-state index contributed by atoms with van der Waals surface area (Å²) in [6.45, 7) is 5.51. The maximum absolute atomic E-state index is 11.5. The average Bonchev–Trinajstić information content (AvgIpc) is 3.11. The van der Waals surface area contributed by atoms with E-state index >= 15 is 0 Å². The van der Waals surface area contributed by atoms with E-state index < -0.39 is 6.10 Å². The highest BCUT2D eigenvalue weighted by Gasteiger charge is 2.15. The van der Waals surface area contributed by atoms with Crippen molar-refractivity contribution in [2.24, 2.45) is 0 Å². The number of aromatic nitrogens is 3. The molecule has 158 valence electrons. The first-order chi connectivity index (χ1) is 14.4. The van der Waals surface area contributed by atoms with Crippen LogP contribution in [0.3, 0.4) is 0 Å². The molecule has 0 aliphatic heterocycles. The second-order valence-corrected chi connectivity index (χ2v) is 7.89. The number of aryl methyl sites for hydroxylation is 2. The molecule has 0 saturated heterocycles. The fraction of sp³-hybridized carbons (Fsp3) is 0.318. The number of ether oxygens (including phenoxy) is 2. The van der Waals surface area contributed by atoms with E-state index in [1.54, 1.807) is 18.2 Å². The van der Waals surface area contributed by atoms with E-state index in [1.165, 1.54) is 31.4 Å². The van der Waals surface area contributed by atoms with Crippen LogP contribution in [0.4, 0.5) is 0 Å². The number of hydrogen-bond donors (Lipinski definition) is 1. The van der Waals surface area contributed by atoms with Crippen molar-refractivity contribution in [1.82, 2.24) is 14.8 Å². The molecule has 1 heterocycles. The van der Waals surface area contributed by atoms with E-state index in [2.05, 4.69) is 10.2 Å². The molecule has 30 heavy (non-hydrogen) atoms. The van der Waals surface area contributed by atoms with E-state index in [4.69, 9.17) is 9.47 Å². The van der Waals surface area contributed by atoms with Crippen molar-refractivity contribution >= 4 is 17.5 Å². The largest absolute Gasteiger partial charge is 0.493 e. The van der Waals surface area contributed by atoms with Gasteiger partial charge in [-0.1, -0.05) is 29.5 Å². The normalized spacial score (nSPS) is 11.9. The Labute approximate surface area is 180 Å². The second kappa shape index (κ2) is 9.77. The number of hydrogen-bond acceptors (Lipinski definition) is 7. The van der Waals surface area contributed by atoms with E-state index in [0.29, 0.717) is 28.0 Å². The van der Waals surface area contributed by atoms with E-state index in [1.807, 2.05) is 42.7 Å². The van der Waals surface area contributed by atoms with Gasteiger partial charge in [-0.2, -0.15) is 0 Å². The zero-order chi connectivity index (χ0) is 21.7. The number of Topliss-reactive ketones (excluding diaryl/α,β-unsaturated/α-hetero) is 1. The number of nitrogens with zero attached hydrogens (tertiary/aromatic N) is 3. The van der Waals surface area contributed by atoms with Crippen molar-refractivity contribution in [2.45, 2.75) is 32.0 Å². The van der Waals surface area contributed by atoms with Gasteiger partial charge < -0.3 is 14.6 Å². The minimum atomic E-state index is -0.726. The van der Waals surface area contributed by atoms with Crippen LogP contribution in [0.5, 0.6) is 11.5 Å². The van der Waals surface area contributed by atoms with Crippen molar-refractivity contribution in [2.75, 3.05) is 19.5 Å². The third-order valence-electron chi connectivity index (χ3n) is 4.49. The fourth-order valence-corrected chi connectivity index (χ4v) is 3.74. The lowest BCUT2D eigenvalue weighted by Gasteiger charge is -2.15. The molecule has 0 aliphatic carbocycles. The molecule has 3 aromatic rings. The molecule has 2 aromatic carbocycles. The Kier molecular flexibility index (Phi) is 7.12. The lowest BCUT2D eigenvalue weighted by Crippen LogP contribution is -2.20. The summed E-state index contributed by atoms with van der Waals surface area (Å²) in [5.41, 5.74) is 2.70. The summed E-state index contributed by atoms with van der Waals surface area (Å²) in [4.78, 5) is 11.5. The summed E-state index contributed by atoms with van der Waals surface area (Å²) in [6.07, 6.45) is -0.726. The standard InChI is InChI=1S/C22H25N3O4S/c1-14-5-8-18(9-6-14)25-16(3)23-24-22(25)30-13-19(27)12-29-20-10-7-17(15(2)26)11-21(20)28-4/h5-11,19,27H,12-13H2,1-4H3. The Bertz CT molecular complexity index is 1020. The first kappa shape index (κ1) is 21.9. The zero-order valence-electron chi connectivity index (χ0n) is 17.5. The lowest BCUT2D eigenvalue weighted by molar-refractivity contribution is 0.101. The van der Waals surface area contributed by atoms with Gasteiger partial charge in [-0.25, -0.2) is 0 Å². The number of carbonyl (C=O) groups is 1. The highest BCUT2D eigenvalue weighted by Crippen LogP contribution is 2.29. The lowest BCUT2D eigenvalue weighted by atomic mass is 10.1. The van der Waals surface area contributed by atoms with Crippen LogP contribution in [-0.2, 0) is 0 Å². The van der Waals surface area contributed by atoms with Gasteiger partial charge in [0.05, 0.1) is 13.2 Å². The predicted molar refractivity (Wildman–Crippen MR) is 116 cm³/mol. The van der Waals surface area contributed by atoms with Crippen LogP contribution in [0, 0.1) is 13.8 Å². The topological polar surface area (TPSA) is 86.5 Å². The SMILES string of the molecule is COc1cc(C(C)=O)ccc1OCC(O)CSc1nnc(C)n1-c1ccc(C)cc1. The number of benzene rings is 2. The van der Waals surface area contributed by atoms with E-state index in [-0.39, 0.29) is 12.4 Å². The highest BCUT2D eigenvalue weighted by atomic mass is 32.2. The first-order valence-corrected chi connectivity index (χ1v) is 10.5. The minimum Gasteiger partial charge on any atom is -0.493 e. The molecule has 1 atom stereocenters. The molecule has 7 nitrogen and oxygen atoms in total. The molecule has 0 aliphatic rings. The van der Waals surface area contributed by atoms with Gasteiger partial charge in [-0.05, 0) is 51.1 Å². The molecule has 0 spiro atoms. The molecule has 0 fully saturated rings. The summed E-state index contributed by atoms with van der Waals surface area (Å²) >= 11 is 1.41. The van der Waals surface area contributed by atoms with Gasteiger partial charge in [0.2, 0.25) is 0 Å². The van der Waals surface area contributed by atoms with Gasteiger partial charge in [0.25, 0.3) is 0 Å². The van der Waals surface area contributed by atoms with Gasteiger partial charge >= 0.3 is 0 Å². The third-order valence-corrected chi connectivity index (χ3v) is 5.57. The Hall–Kier alpha value is -2.84. The van der Waals surface area contributed by atoms with Gasteiger partial charge in [-0.3, -0.25) is 9.36 Å². The Balaban J connectivity index is 1.61. The quantitative estimate of drug-likeness (QED) is 0.412. The minimum absolute atomic E-state index is 0.0516. The molecule has 1 N–H and O–H groups in total. The first-order valence-electron chi connectivity index (χ1n) is 9.50. The summed E-state index contributed by atoms with van der Waals surface area (Å²) < 4.78 is 13.0. The van der Waals surface area contributed by atoms with Crippen LogP contribution in [0.1, 0.15) is 28.7 Å². The summed E-state index contributed by atoms with van der Waals surface area (Å²) in [6, 6.07) is 13.1. The summed E-state index contributed by atoms with van der Waals surface area (Å²) in [5.74, 6) is 2.05. The van der Waals surface area contributed by atoms with Crippen molar-refractivity contribution in [3.05, 3.63) is 59.4 Å². The molecule has 1 aromatic heterocycles. The average molecular weight is 428 g/mol. The highest BCUT2D eigenvalue weighted by molar-refractivity contribution is 7.99. The Morgan fingerprint density at radius 1 is 1.13 bits per heavy atom. The molecule has 0 bridgehead atoms. The third kappa shape index (κ3) is 5.20. The number of rotatable bonds is 9. The monoisotopic (exact) mass is 427 g/mol. The molecular weight excluding hydrogens is 402 g/mol. The number of ketones is 1. The number of thioether (sulfide) groups is 1. The van der Waals surface area contributed by atoms with Crippen LogP contribution >= 0.6 is 11.8 Å². The van der Waals surface area contributed by atoms with E-state index in [0.717, 1.165) is 11.5 Å². The number of methoxy groups -OCH3 is 1. The van der Waals surface area contributed by atoms with Crippen LogP contribution in [0.25, 0.3) is 5.69 Å². The molecule has 0 saturated carbocycles. The molecule has 0 radical (unpaired) electrons. The van der Waals surface area contributed by atoms with Crippen LogP contribution < -0.4 is 9.47 Å². The smallest absolute Gasteiger partial charge is 0.195 e. The Morgan fingerprint density at radius 2 is 1.87 bits per heavy atom. The Morgan fingerprint density at radius 3 is 2.53 bits per heavy atom. The zero-order valence-corrected chi connectivity index (χ0v) is 18.3. The van der Waals surface area contributed by atoms with Crippen molar-refractivity contribution in [3.8, 4) is 17.2 Å². The maximum Gasteiger partial charge on any atom is 0.195 e.